The molecule has 3 aromatic rings. The predicted molar refractivity (Wildman–Crippen MR) is 125 cm³/mol. The van der Waals surface area contributed by atoms with Crippen molar-refractivity contribution in [3.05, 3.63) is 102 Å². The van der Waals surface area contributed by atoms with E-state index < -0.39 is 27.9 Å². The number of rotatable bonds is 10. The first-order valence-corrected chi connectivity index (χ1v) is 11.9. The molecular weight excluding hydrogens is 440 g/mol. The fourth-order valence-corrected chi connectivity index (χ4v) is 4.28. The summed E-state index contributed by atoms with van der Waals surface area (Å²) in [7, 11) is -3.95. The molecule has 0 aliphatic rings. The van der Waals surface area contributed by atoms with Gasteiger partial charge in [-0.3, -0.25) is 9.59 Å². The van der Waals surface area contributed by atoms with Crippen LogP contribution in [0.1, 0.15) is 16.7 Å². The lowest BCUT2D eigenvalue weighted by atomic mass is 10.1. The zero-order valence-corrected chi connectivity index (χ0v) is 19.0. The predicted octanol–water partition coefficient (Wildman–Crippen LogP) is 2.74. The number of ether oxygens (including phenoxy) is 1. The highest BCUT2D eigenvalue weighted by atomic mass is 32.2. The van der Waals surface area contributed by atoms with Crippen LogP contribution in [0.5, 0.6) is 0 Å². The SMILES string of the molecule is Cc1ccc(S(=O)(=O)N[C@@H](Cc2ccccc2)C(=O)NCC(=O)OCc2ccccc2)cc1. The number of sulfonamides is 1. The lowest BCUT2D eigenvalue weighted by molar-refractivity contribution is -0.145. The summed E-state index contributed by atoms with van der Waals surface area (Å²) in [6.45, 7) is 1.57. The molecule has 0 radical (unpaired) electrons. The first kappa shape index (κ1) is 24.2. The number of hydrogen-bond acceptors (Lipinski definition) is 5. The highest BCUT2D eigenvalue weighted by Gasteiger charge is 2.26. The fraction of sp³-hybridized carbons (Fsp3) is 0.200. The maximum Gasteiger partial charge on any atom is 0.325 e. The molecule has 0 fully saturated rings. The minimum absolute atomic E-state index is 0.0567. The number of hydrogen-bond donors (Lipinski definition) is 2. The Morgan fingerprint density at radius 3 is 2.03 bits per heavy atom. The quantitative estimate of drug-likeness (QED) is 0.448. The molecule has 0 bridgehead atoms. The molecule has 0 aliphatic carbocycles. The number of nitrogens with one attached hydrogen (secondary N) is 2. The van der Waals surface area contributed by atoms with Gasteiger partial charge in [-0.2, -0.15) is 4.72 Å². The molecule has 33 heavy (non-hydrogen) atoms. The van der Waals surface area contributed by atoms with E-state index in [0.29, 0.717) is 0 Å². The Morgan fingerprint density at radius 2 is 1.42 bits per heavy atom. The zero-order chi connectivity index (χ0) is 23.7. The van der Waals surface area contributed by atoms with Crippen molar-refractivity contribution < 1.29 is 22.7 Å². The van der Waals surface area contributed by atoms with Crippen molar-refractivity contribution in [1.82, 2.24) is 10.0 Å². The Labute approximate surface area is 193 Å². The van der Waals surface area contributed by atoms with Gasteiger partial charge in [-0.1, -0.05) is 78.4 Å². The molecule has 0 unspecified atom stereocenters. The Kier molecular flexibility index (Phi) is 8.34. The van der Waals surface area contributed by atoms with Gasteiger partial charge in [0.1, 0.15) is 19.2 Å². The third-order valence-electron chi connectivity index (χ3n) is 4.88. The number of carbonyl (C=O) groups excluding carboxylic acids is 2. The average molecular weight is 467 g/mol. The van der Waals surface area contributed by atoms with Gasteiger partial charge in [0.25, 0.3) is 0 Å². The summed E-state index contributed by atoms with van der Waals surface area (Å²) in [5, 5.41) is 2.48. The molecule has 0 aromatic heterocycles. The normalized spacial score (nSPS) is 12.0. The fourth-order valence-electron chi connectivity index (χ4n) is 3.08. The summed E-state index contributed by atoms with van der Waals surface area (Å²) < 4.78 is 33.4. The molecule has 2 N–H and O–H groups in total. The standard InChI is InChI=1S/C25H26N2O5S/c1-19-12-14-22(15-13-19)33(30,31)27-23(16-20-8-4-2-5-9-20)25(29)26-17-24(28)32-18-21-10-6-3-7-11-21/h2-15,23,27H,16-18H2,1H3,(H,26,29)/t23-/m0/s1. The van der Waals surface area contributed by atoms with Crippen molar-refractivity contribution >= 4 is 21.9 Å². The van der Waals surface area contributed by atoms with E-state index in [4.69, 9.17) is 4.74 Å². The van der Waals surface area contributed by atoms with Gasteiger partial charge in [-0.05, 0) is 36.6 Å². The van der Waals surface area contributed by atoms with Crippen LogP contribution in [0, 0.1) is 6.92 Å². The molecule has 1 amide bonds. The minimum atomic E-state index is -3.95. The van der Waals surface area contributed by atoms with Crippen LogP contribution in [0.4, 0.5) is 0 Å². The van der Waals surface area contributed by atoms with Gasteiger partial charge in [-0.15, -0.1) is 0 Å². The molecule has 0 saturated heterocycles. The van der Waals surface area contributed by atoms with E-state index in [1.807, 2.05) is 43.3 Å². The van der Waals surface area contributed by atoms with E-state index >= 15 is 0 Å². The van der Waals surface area contributed by atoms with Gasteiger partial charge in [0, 0.05) is 0 Å². The van der Waals surface area contributed by atoms with Gasteiger partial charge in [0.15, 0.2) is 0 Å². The van der Waals surface area contributed by atoms with Crippen LogP contribution < -0.4 is 10.0 Å². The van der Waals surface area contributed by atoms with Crippen LogP contribution in [0.3, 0.4) is 0 Å². The van der Waals surface area contributed by atoms with Gasteiger partial charge in [-0.25, -0.2) is 8.42 Å². The van der Waals surface area contributed by atoms with E-state index in [1.165, 1.54) is 12.1 Å². The number of amides is 1. The van der Waals surface area contributed by atoms with Gasteiger partial charge in [0.2, 0.25) is 15.9 Å². The summed E-state index contributed by atoms with van der Waals surface area (Å²) in [4.78, 5) is 25.0. The Hall–Kier alpha value is -3.49. The van der Waals surface area contributed by atoms with Gasteiger partial charge in [0.05, 0.1) is 4.90 Å². The summed E-state index contributed by atoms with van der Waals surface area (Å²) in [5.74, 6) is -1.24. The molecule has 1 atom stereocenters. The summed E-state index contributed by atoms with van der Waals surface area (Å²) in [6.07, 6.45) is 0.122. The van der Waals surface area contributed by atoms with E-state index in [1.54, 1.807) is 36.4 Å². The van der Waals surface area contributed by atoms with Crippen LogP contribution in [0.2, 0.25) is 0 Å². The minimum Gasteiger partial charge on any atom is -0.460 e. The molecule has 0 aliphatic heterocycles. The second-order valence-electron chi connectivity index (χ2n) is 7.54. The topological polar surface area (TPSA) is 102 Å². The molecule has 3 aromatic carbocycles. The van der Waals surface area contributed by atoms with Crippen molar-refractivity contribution in [2.75, 3.05) is 6.54 Å². The molecule has 7 nitrogen and oxygen atoms in total. The van der Waals surface area contributed by atoms with Crippen molar-refractivity contribution in [2.24, 2.45) is 0 Å². The lowest BCUT2D eigenvalue weighted by Gasteiger charge is -2.19. The number of benzene rings is 3. The lowest BCUT2D eigenvalue weighted by Crippen LogP contribution is -2.49. The first-order chi connectivity index (χ1) is 15.8. The Balaban J connectivity index is 1.65. The molecule has 0 spiro atoms. The van der Waals surface area contributed by atoms with E-state index in [-0.39, 0.29) is 24.5 Å². The Morgan fingerprint density at radius 1 is 0.848 bits per heavy atom. The highest BCUT2D eigenvalue weighted by Crippen LogP contribution is 2.12. The van der Waals surface area contributed by atoms with Crippen LogP contribution in [-0.4, -0.2) is 32.9 Å². The first-order valence-electron chi connectivity index (χ1n) is 10.4. The van der Waals surface area contributed by atoms with Crippen molar-refractivity contribution in [2.45, 2.75) is 30.9 Å². The second-order valence-corrected chi connectivity index (χ2v) is 9.25. The molecular formula is C25H26N2O5S. The van der Waals surface area contributed by atoms with Crippen molar-refractivity contribution in [3.8, 4) is 0 Å². The van der Waals surface area contributed by atoms with Gasteiger partial charge >= 0.3 is 5.97 Å². The molecule has 0 saturated carbocycles. The van der Waals surface area contributed by atoms with Crippen molar-refractivity contribution in [1.29, 1.82) is 0 Å². The smallest absolute Gasteiger partial charge is 0.325 e. The van der Waals surface area contributed by atoms with Gasteiger partial charge < -0.3 is 10.1 Å². The Bertz CT molecular complexity index is 1160. The van der Waals surface area contributed by atoms with E-state index in [0.717, 1.165) is 16.7 Å². The largest absolute Gasteiger partial charge is 0.460 e. The molecule has 0 heterocycles. The summed E-state index contributed by atoms with van der Waals surface area (Å²) in [6, 6.07) is 23.4. The van der Waals surface area contributed by atoms with Crippen LogP contribution in [-0.2, 0) is 37.4 Å². The van der Waals surface area contributed by atoms with Crippen LogP contribution >= 0.6 is 0 Å². The summed E-state index contributed by atoms with van der Waals surface area (Å²) in [5.41, 5.74) is 2.52. The number of carbonyl (C=O) groups is 2. The summed E-state index contributed by atoms with van der Waals surface area (Å²) >= 11 is 0. The number of aryl methyl sites for hydroxylation is 1. The van der Waals surface area contributed by atoms with Crippen LogP contribution in [0.15, 0.2) is 89.8 Å². The molecule has 172 valence electrons. The maximum atomic E-state index is 12.9. The number of esters is 1. The second kappa shape index (κ2) is 11.4. The van der Waals surface area contributed by atoms with Crippen molar-refractivity contribution in [3.63, 3.8) is 0 Å². The average Bonchev–Trinajstić information content (AvgIpc) is 2.82. The molecule has 8 heteroatoms. The third-order valence-corrected chi connectivity index (χ3v) is 6.37. The monoisotopic (exact) mass is 466 g/mol. The zero-order valence-electron chi connectivity index (χ0n) is 18.2. The van der Waals surface area contributed by atoms with E-state index in [9.17, 15) is 18.0 Å². The maximum absolute atomic E-state index is 12.9. The molecule has 3 rings (SSSR count). The third kappa shape index (κ3) is 7.55. The highest BCUT2D eigenvalue weighted by molar-refractivity contribution is 7.89. The van der Waals surface area contributed by atoms with Crippen LogP contribution in [0.25, 0.3) is 0 Å². The van der Waals surface area contributed by atoms with E-state index in [2.05, 4.69) is 10.0 Å².